The minimum absolute atomic E-state index is 0.479. The van der Waals surface area contributed by atoms with Crippen LogP contribution in [0.15, 0.2) is 18.6 Å². The lowest BCUT2D eigenvalue weighted by Gasteiger charge is -2.35. The van der Waals surface area contributed by atoms with E-state index in [2.05, 4.69) is 9.97 Å². The van der Waals surface area contributed by atoms with Crippen LogP contribution in [0.5, 0.6) is 0 Å². The number of anilines is 1. The third kappa shape index (κ3) is 3.19. The first-order valence-electron chi connectivity index (χ1n) is 6.05. The van der Waals surface area contributed by atoms with Crippen molar-refractivity contribution >= 4 is 21.7 Å². The number of hydrogen-bond donors (Lipinski definition) is 1. The highest BCUT2D eigenvalue weighted by molar-refractivity contribution is 7.90. The van der Waals surface area contributed by atoms with E-state index in [0.29, 0.717) is 18.8 Å². The molecule has 0 bridgehead atoms. The Kier molecular flexibility index (Phi) is 3.98. The number of piperidine rings is 1. The van der Waals surface area contributed by atoms with E-state index in [4.69, 9.17) is 0 Å². The summed E-state index contributed by atoms with van der Waals surface area (Å²) in [7, 11) is -3.71. The summed E-state index contributed by atoms with van der Waals surface area (Å²) in [5.74, 6) is -0.0122. The third-order valence-electron chi connectivity index (χ3n) is 2.95. The smallest absolute Gasteiger partial charge is 0.256 e. The van der Waals surface area contributed by atoms with Crippen LogP contribution in [0.1, 0.15) is 26.2 Å². The number of amides is 1. The molecular weight excluding hydrogens is 268 g/mol. The summed E-state index contributed by atoms with van der Waals surface area (Å²) in [6.45, 7) is 1.79. The molecule has 1 saturated heterocycles. The molecule has 1 aromatic heterocycles. The van der Waals surface area contributed by atoms with Crippen molar-refractivity contribution in [2.24, 2.45) is 0 Å². The average Bonchev–Trinajstić information content (AvgIpc) is 2.38. The number of sulfonamides is 1. The Morgan fingerprint density at radius 3 is 2.89 bits per heavy atom. The largest absolute Gasteiger partial charge is 0.338 e. The van der Waals surface area contributed by atoms with Crippen LogP contribution in [-0.4, -0.2) is 36.2 Å². The van der Waals surface area contributed by atoms with Crippen LogP contribution >= 0.6 is 0 Å². The lowest BCUT2D eigenvalue weighted by atomic mass is 10.1. The molecule has 0 saturated carbocycles. The van der Waals surface area contributed by atoms with Crippen molar-refractivity contribution in [3.05, 3.63) is 18.6 Å². The number of carbonyl (C=O) groups is 1. The quantitative estimate of drug-likeness (QED) is 0.856. The average molecular weight is 284 g/mol. The van der Waals surface area contributed by atoms with Crippen molar-refractivity contribution in [1.29, 1.82) is 0 Å². The Hall–Kier alpha value is -1.70. The molecule has 1 amide bonds. The number of aromatic nitrogens is 2. The highest BCUT2D eigenvalue weighted by Gasteiger charge is 2.34. The van der Waals surface area contributed by atoms with Gasteiger partial charge in [0.05, 0.1) is 0 Å². The molecule has 1 unspecified atom stereocenters. The van der Waals surface area contributed by atoms with Crippen molar-refractivity contribution in [3.63, 3.8) is 0 Å². The number of nitrogens with zero attached hydrogens (tertiary/aromatic N) is 3. The second-order valence-electron chi connectivity index (χ2n) is 4.41. The molecule has 0 aliphatic carbocycles. The first-order valence-corrected chi connectivity index (χ1v) is 7.60. The SMILES string of the molecule is CC(=O)NS(=O)(=O)C1CCCCN1c1ccncn1. The van der Waals surface area contributed by atoms with Crippen LogP contribution in [0, 0.1) is 0 Å². The molecule has 1 fully saturated rings. The van der Waals surface area contributed by atoms with Crippen LogP contribution in [0.25, 0.3) is 0 Å². The first-order chi connectivity index (χ1) is 9.00. The van der Waals surface area contributed by atoms with Gasteiger partial charge in [0.2, 0.25) is 5.91 Å². The van der Waals surface area contributed by atoms with Crippen LogP contribution in [-0.2, 0) is 14.8 Å². The van der Waals surface area contributed by atoms with Gasteiger partial charge in [-0.2, -0.15) is 0 Å². The van der Waals surface area contributed by atoms with Gasteiger partial charge in [-0.1, -0.05) is 0 Å². The summed E-state index contributed by atoms with van der Waals surface area (Å²) < 4.78 is 26.4. The maximum atomic E-state index is 12.2. The zero-order valence-corrected chi connectivity index (χ0v) is 11.4. The molecule has 1 aliphatic heterocycles. The van der Waals surface area contributed by atoms with Crippen LogP contribution in [0.3, 0.4) is 0 Å². The lowest BCUT2D eigenvalue weighted by molar-refractivity contribution is -0.117. The molecule has 1 aromatic rings. The van der Waals surface area contributed by atoms with Gasteiger partial charge >= 0.3 is 0 Å². The second-order valence-corrected chi connectivity index (χ2v) is 6.25. The summed E-state index contributed by atoms with van der Waals surface area (Å²) in [5.41, 5.74) is 0. The standard InChI is InChI=1S/C11H16N4O3S/c1-9(16)14-19(17,18)11-4-2-3-7-15(11)10-5-6-12-8-13-10/h5-6,8,11H,2-4,7H2,1H3,(H,14,16). The fourth-order valence-electron chi connectivity index (χ4n) is 2.21. The van der Waals surface area contributed by atoms with E-state index in [-0.39, 0.29) is 0 Å². The van der Waals surface area contributed by atoms with Crippen LogP contribution < -0.4 is 9.62 Å². The van der Waals surface area contributed by atoms with E-state index in [9.17, 15) is 13.2 Å². The van der Waals surface area contributed by atoms with E-state index in [0.717, 1.165) is 12.8 Å². The van der Waals surface area contributed by atoms with Gasteiger partial charge in [-0.15, -0.1) is 0 Å². The Balaban J connectivity index is 2.29. The van der Waals surface area contributed by atoms with E-state index >= 15 is 0 Å². The highest BCUT2D eigenvalue weighted by Crippen LogP contribution is 2.25. The number of hydrogen-bond acceptors (Lipinski definition) is 6. The molecule has 1 N–H and O–H groups in total. The van der Waals surface area contributed by atoms with Gasteiger partial charge in [-0.05, 0) is 25.3 Å². The molecule has 104 valence electrons. The van der Waals surface area contributed by atoms with Gasteiger partial charge in [0, 0.05) is 19.7 Å². The molecule has 19 heavy (non-hydrogen) atoms. The first kappa shape index (κ1) is 13.7. The van der Waals surface area contributed by atoms with Crippen molar-refractivity contribution in [1.82, 2.24) is 14.7 Å². The van der Waals surface area contributed by atoms with Gasteiger partial charge in [-0.25, -0.2) is 18.4 Å². The highest BCUT2D eigenvalue weighted by atomic mass is 32.2. The molecule has 0 radical (unpaired) electrons. The Morgan fingerprint density at radius 1 is 1.47 bits per heavy atom. The van der Waals surface area contributed by atoms with Crippen molar-refractivity contribution in [2.75, 3.05) is 11.4 Å². The molecule has 8 heteroatoms. The van der Waals surface area contributed by atoms with Crippen molar-refractivity contribution in [3.8, 4) is 0 Å². The fraction of sp³-hybridized carbons (Fsp3) is 0.545. The van der Waals surface area contributed by atoms with Gasteiger partial charge in [0.25, 0.3) is 10.0 Å². The Bertz CT molecular complexity index is 546. The maximum Gasteiger partial charge on any atom is 0.256 e. The summed E-state index contributed by atoms with van der Waals surface area (Å²) in [6, 6.07) is 1.67. The number of nitrogens with one attached hydrogen (secondary N) is 1. The summed E-state index contributed by atoms with van der Waals surface area (Å²) in [5, 5.41) is -0.764. The molecule has 0 spiro atoms. The predicted octanol–water partition coefficient (Wildman–Crippen LogP) is 0.259. The van der Waals surface area contributed by atoms with E-state index in [1.807, 2.05) is 4.72 Å². The van der Waals surface area contributed by atoms with E-state index < -0.39 is 21.3 Å². The van der Waals surface area contributed by atoms with Gasteiger partial charge in [0.1, 0.15) is 12.1 Å². The number of carbonyl (C=O) groups excluding carboxylic acids is 1. The van der Waals surface area contributed by atoms with E-state index in [1.54, 1.807) is 17.2 Å². The lowest BCUT2D eigenvalue weighted by Crippen LogP contribution is -2.50. The third-order valence-corrected chi connectivity index (χ3v) is 4.73. The zero-order valence-electron chi connectivity index (χ0n) is 10.6. The monoisotopic (exact) mass is 284 g/mol. The normalized spacial score (nSPS) is 20.1. The van der Waals surface area contributed by atoms with E-state index in [1.165, 1.54) is 13.3 Å². The van der Waals surface area contributed by atoms with Gasteiger partial charge in [-0.3, -0.25) is 9.52 Å². The predicted molar refractivity (Wildman–Crippen MR) is 69.8 cm³/mol. The molecular formula is C11H16N4O3S. The molecule has 2 heterocycles. The van der Waals surface area contributed by atoms with Crippen LogP contribution in [0.2, 0.25) is 0 Å². The Labute approximate surface area is 112 Å². The maximum absolute atomic E-state index is 12.2. The van der Waals surface area contributed by atoms with Crippen molar-refractivity contribution in [2.45, 2.75) is 31.6 Å². The van der Waals surface area contributed by atoms with Crippen molar-refractivity contribution < 1.29 is 13.2 Å². The fourth-order valence-corrected chi connectivity index (χ4v) is 3.77. The van der Waals surface area contributed by atoms with Crippen LogP contribution in [0.4, 0.5) is 5.82 Å². The Morgan fingerprint density at radius 2 is 2.26 bits per heavy atom. The summed E-state index contributed by atoms with van der Waals surface area (Å²) >= 11 is 0. The minimum Gasteiger partial charge on any atom is -0.338 e. The molecule has 2 rings (SSSR count). The van der Waals surface area contributed by atoms with Gasteiger partial charge < -0.3 is 4.90 Å². The molecule has 7 nitrogen and oxygen atoms in total. The van der Waals surface area contributed by atoms with Gasteiger partial charge in [0.15, 0.2) is 5.37 Å². The summed E-state index contributed by atoms with van der Waals surface area (Å²) in [4.78, 5) is 20.6. The second kappa shape index (κ2) is 5.52. The minimum atomic E-state index is -3.71. The molecule has 0 aromatic carbocycles. The number of rotatable bonds is 3. The molecule has 1 atom stereocenters. The zero-order chi connectivity index (χ0) is 13.9. The molecule has 1 aliphatic rings. The topological polar surface area (TPSA) is 92.3 Å². The summed E-state index contributed by atoms with van der Waals surface area (Å²) in [6.07, 6.45) is 5.14.